The van der Waals surface area contributed by atoms with Gasteiger partial charge in [0.25, 0.3) is 6.29 Å². The highest BCUT2D eigenvalue weighted by Crippen LogP contribution is 2.17. The van der Waals surface area contributed by atoms with Crippen molar-refractivity contribution in [2.75, 3.05) is 47.5 Å². The van der Waals surface area contributed by atoms with Crippen molar-refractivity contribution in [3.8, 4) is 0 Å². The van der Waals surface area contributed by atoms with E-state index in [0.717, 1.165) is 83.5 Å². The van der Waals surface area contributed by atoms with Crippen molar-refractivity contribution in [3.63, 3.8) is 0 Å². The number of carboxylic acid groups (broad SMARTS) is 1. The molecule has 478 valence electrons. The van der Waals surface area contributed by atoms with E-state index in [1.54, 1.807) is 0 Å². The molecular formula is C74H130NO8+. The second-order valence-corrected chi connectivity index (χ2v) is 24.1. The average Bonchev–Trinajstić information content (AvgIpc) is 3.46. The van der Waals surface area contributed by atoms with Gasteiger partial charge < -0.3 is 28.5 Å². The first kappa shape index (κ1) is 79.2. The molecule has 0 radical (unpaired) electrons. The maximum atomic E-state index is 12.9. The molecule has 0 aliphatic carbocycles. The number of hydrogen-bond acceptors (Lipinski definition) is 7. The summed E-state index contributed by atoms with van der Waals surface area (Å²) in [4.78, 5) is 37.5. The molecule has 1 N–H and O–H groups in total. The number of hydrogen-bond donors (Lipinski definition) is 1. The van der Waals surface area contributed by atoms with Crippen LogP contribution in [0, 0.1) is 0 Å². The van der Waals surface area contributed by atoms with Crippen molar-refractivity contribution in [2.45, 2.75) is 309 Å². The number of rotatable bonds is 63. The Morgan fingerprint density at radius 3 is 1.04 bits per heavy atom. The van der Waals surface area contributed by atoms with Crippen LogP contribution in [0.5, 0.6) is 0 Å². The van der Waals surface area contributed by atoms with E-state index in [-0.39, 0.29) is 32.2 Å². The topological polar surface area (TPSA) is 108 Å². The highest BCUT2D eigenvalue weighted by atomic mass is 16.7. The van der Waals surface area contributed by atoms with Gasteiger partial charge in [-0.25, -0.2) is 4.79 Å². The predicted octanol–water partition coefficient (Wildman–Crippen LogP) is 21.2. The number of quaternary nitrogens is 1. The molecule has 0 aromatic heterocycles. The fourth-order valence-electron chi connectivity index (χ4n) is 9.58. The van der Waals surface area contributed by atoms with Crippen molar-refractivity contribution >= 4 is 17.9 Å². The van der Waals surface area contributed by atoms with Crippen LogP contribution in [0.4, 0.5) is 0 Å². The Kier molecular flexibility index (Phi) is 61.3. The third kappa shape index (κ3) is 65.6. The summed E-state index contributed by atoms with van der Waals surface area (Å²) in [6, 6.07) is 0. The lowest BCUT2D eigenvalue weighted by molar-refractivity contribution is -0.870. The lowest BCUT2D eigenvalue weighted by Crippen LogP contribution is -2.40. The average molecular weight is 1160 g/mol. The first-order valence-corrected chi connectivity index (χ1v) is 34.4. The molecule has 2 atom stereocenters. The number of unbranched alkanes of at least 4 members (excludes halogenated alkanes) is 32. The summed E-state index contributed by atoms with van der Waals surface area (Å²) in [6.45, 7) is 4.78. The summed E-state index contributed by atoms with van der Waals surface area (Å²) in [5.41, 5.74) is 0. The monoisotopic (exact) mass is 1160 g/mol. The molecule has 0 bridgehead atoms. The predicted molar refractivity (Wildman–Crippen MR) is 355 cm³/mol. The molecule has 0 rings (SSSR count). The van der Waals surface area contributed by atoms with Crippen LogP contribution in [0.1, 0.15) is 296 Å². The molecule has 83 heavy (non-hydrogen) atoms. The molecule has 0 saturated carbocycles. The number of carboxylic acids is 1. The number of carbonyl (C=O) groups excluding carboxylic acids is 2. The van der Waals surface area contributed by atoms with Gasteiger partial charge in [-0.1, -0.05) is 284 Å². The van der Waals surface area contributed by atoms with Crippen molar-refractivity contribution < 1.29 is 42.9 Å². The molecular weight excluding hydrogens is 1030 g/mol. The van der Waals surface area contributed by atoms with Gasteiger partial charge in [0.05, 0.1) is 34.4 Å². The molecule has 0 aliphatic heterocycles. The van der Waals surface area contributed by atoms with Crippen LogP contribution in [-0.2, 0) is 33.3 Å². The summed E-state index contributed by atoms with van der Waals surface area (Å²) in [5.74, 6) is -2.00. The van der Waals surface area contributed by atoms with Gasteiger partial charge in [-0.05, 0) is 96.3 Å². The summed E-state index contributed by atoms with van der Waals surface area (Å²) in [5, 5.41) is 9.73. The second-order valence-electron chi connectivity index (χ2n) is 24.1. The fraction of sp³-hybridized carbons (Fsp3) is 0.743. The molecule has 0 aromatic carbocycles. The van der Waals surface area contributed by atoms with Crippen molar-refractivity contribution in [1.82, 2.24) is 0 Å². The van der Waals surface area contributed by atoms with Crippen LogP contribution in [0.25, 0.3) is 0 Å². The SMILES string of the molecule is CC/C=C\C/C=C\C/C=C\C/C=C\C/C=C\C/C=C\C/C=C\CCCCCCCCCCCCCCCCCCCCCC(=O)OC(COC(=O)CCCCCCCCC/C=C\CCCCCCCC)COC(OCC[N+](C)(C)C)C(=O)O. The molecule has 9 nitrogen and oxygen atoms in total. The highest BCUT2D eigenvalue weighted by molar-refractivity contribution is 5.71. The Labute approximate surface area is 512 Å². The van der Waals surface area contributed by atoms with E-state index in [9.17, 15) is 19.5 Å². The van der Waals surface area contributed by atoms with Crippen LogP contribution in [0.3, 0.4) is 0 Å². The van der Waals surface area contributed by atoms with Gasteiger partial charge in [-0.15, -0.1) is 0 Å². The second kappa shape index (κ2) is 64.2. The minimum absolute atomic E-state index is 0.184. The highest BCUT2D eigenvalue weighted by Gasteiger charge is 2.25. The molecule has 9 heteroatoms. The van der Waals surface area contributed by atoms with E-state index in [4.69, 9.17) is 18.9 Å². The van der Waals surface area contributed by atoms with Crippen LogP contribution in [0.15, 0.2) is 97.2 Å². The van der Waals surface area contributed by atoms with E-state index in [1.807, 2.05) is 21.1 Å². The quantitative estimate of drug-likeness (QED) is 0.0211. The van der Waals surface area contributed by atoms with Gasteiger partial charge in [0, 0.05) is 12.8 Å². The van der Waals surface area contributed by atoms with E-state index >= 15 is 0 Å². The standard InChI is InChI=1S/C74H129NO8/c1-6-8-10-12-14-16-18-20-22-24-25-26-27-28-29-30-31-32-33-34-35-36-37-38-39-40-41-42-43-44-45-46-47-49-51-53-55-57-59-61-63-65-72(77)83-70(69-82-74(73(78)79)80-67-66-75(3,4)5)68-81-71(76)64-62-60-58-56-54-52-50-48-23-21-19-17-15-13-11-9-7-2/h8,10,14,16,20-23,25-26,28-29,31-32,34-35,70,74H,6-7,9,11-13,15,17-19,24,27,30,33,36-69H2,1-5H3/p+1/b10-8-,16-14-,22-20-,23-21-,26-25-,29-28-,32-31-,35-34-. The van der Waals surface area contributed by atoms with E-state index in [0.29, 0.717) is 17.4 Å². The van der Waals surface area contributed by atoms with Gasteiger partial charge in [-0.3, -0.25) is 9.59 Å². The van der Waals surface area contributed by atoms with Crippen molar-refractivity contribution in [1.29, 1.82) is 0 Å². The summed E-state index contributed by atoms with van der Waals surface area (Å²) < 4.78 is 22.9. The van der Waals surface area contributed by atoms with Gasteiger partial charge >= 0.3 is 17.9 Å². The summed E-state index contributed by atoms with van der Waals surface area (Å²) in [6.07, 6.45) is 85.2. The minimum Gasteiger partial charge on any atom is -0.477 e. The smallest absolute Gasteiger partial charge is 0.361 e. The van der Waals surface area contributed by atoms with Crippen LogP contribution in [0.2, 0.25) is 0 Å². The zero-order chi connectivity index (χ0) is 60.5. The van der Waals surface area contributed by atoms with E-state index < -0.39 is 24.3 Å². The van der Waals surface area contributed by atoms with Gasteiger partial charge in [0.2, 0.25) is 0 Å². The number of likely N-dealkylation sites (N-methyl/N-ethyl adjacent to an activating group) is 1. The zero-order valence-electron chi connectivity index (χ0n) is 54.6. The fourth-order valence-corrected chi connectivity index (χ4v) is 9.58. The lowest BCUT2D eigenvalue weighted by Gasteiger charge is -2.25. The first-order chi connectivity index (χ1) is 40.6. The van der Waals surface area contributed by atoms with Crippen molar-refractivity contribution in [3.05, 3.63) is 97.2 Å². The first-order valence-electron chi connectivity index (χ1n) is 34.4. The van der Waals surface area contributed by atoms with Crippen LogP contribution in [-0.4, -0.2) is 87.4 Å². The number of ether oxygens (including phenoxy) is 4. The Hall–Kier alpha value is -3.79. The van der Waals surface area contributed by atoms with E-state index in [1.165, 1.54) is 186 Å². The molecule has 0 aromatic rings. The summed E-state index contributed by atoms with van der Waals surface area (Å²) >= 11 is 0. The Balaban J connectivity index is 4.01. The Morgan fingerprint density at radius 2 is 0.687 bits per heavy atom. The molecule has 0 heterocycles. The lowest BCUT2D eigenvalue weighted by atomic mass is 10.0. The van der Waals surface area contributed by atoms with Gasteiger partial charge in [0.1, 0.15) is 13.2 Å². The molecule has 2 unspecified atom stereocenters. The summed E-state index contributed by atoms with van der Waals surface area (Å²) in [7, 11) is 5.98. The van der Waals surface area contributed by atoms with Crippen molar-refractivity contribution in [2.24, 2.45) is 0 Å². The molecule has 0 amide bonds. The third-order valence-corrected chi connectivity index (χ3v) is 14.8. The Morgan fingerprint density at radius 1 is 0.373 bits per heavy atom. The van der Waals surface area contributed by atoms with Gasteiger partial charge in [-0.2, -0.15) is 0 Å². The maximum absolute atomic E-state index is 12.9. The number of nitrogens with zero attached hydrogens (tertiary/aromatic N) is 1. The molecule has 0 aliphatic rings. The molecule has 0 saturated heterocycles. The Bertz CT molecular complexity index is 1680. The number of aliphatic carboxylic acids is 1. The molecule has 0 spiro atoms. The number of allylic oxidation sites excluding steroid dienone is 16. The van der Waals surface area contributed by atoms with Crippen LogP contribution >= 0.6 is 0 Å². The minimum atomic E-state index is -1.51. The normalized spacial score (nSPS) is 13.3. The number of esters is 2. The zero-order valence-corrected chi connectivity index (χ0v) is 54.6. The van der Waals surface area contributed by atoms with E-state index in [2.05, 4.69) is 111 Å². The number of carbonyl (C=O) groups is 3. The van der Waals surface area contributed by atoms with Crippen LogP contribution < -0.4 is 0 Å². The van der Waals surface area contributed by atoms with Gasteiger partial charge in [0.15, 0.2) is 6.10 Å². The largest absolute Gasteiger partial charge is 0.477 e. The maximum Gasteiger partial charge on any atom is 0.361 e. The molecule has 0 fully saturated rings. The third-order valence-electron chi connectivity index (χ3n) is 14.8.